The molecule has 4 nitrogen and oxygen atoms in total. The molecule has 0 amide bonds. The average molecular weight is 349 g/mol. The topological polar surface area (TPSA) is 39.7 Å². The van der Waals surface area contributed by atoms with Gasteiger partial charge in [-0.15, -0.1) is 0 Å². The fourth-order valence-corrected chi connectivity index (χ4v) is 3.65. The number of guanidine groups is 1. The zero-order valence-corrected chi connectivity index (χ0v) is 15.9. The van der Waals surface area contributed by atoms with E-state index >= 15 is 0 Å². The van der Waals surface area contributed by atoms with Crippen LogP contribution in [0.3, 0.4) is 0 Å². The first-order valence-electron chi connectivity index (χ1n) is 9.48. The van der Waals surface area contributed by atoms with Crippen LogP contribution in [0.5, 0.6) is 0 Å². The highest BCUT2D eigenvalue weighted by atomic mass is 19.1. The Morgan fingerprint density at radius 2 is 1.80 bits per heavy atom. The first-order valence-corrected chi connectivity index (χ1v) is 9.48. The van der Waals surface area contributed by atoms with Crippen molar-refractivity contribution in [3.05, 3.63) is 35.6 Å². The molecule has 2 N–H and O–H groups in total. The van der Waals surface area contributed by atoms with E-state index in [1.165, 1.54) is 44.6 Å². The van der Waals surface area contributed by atoms with Crippen molar-refractivity contribution in [2.45, 2.75) is 39.7 Å². The number of nitrogens with one attached hydrogen (secondary N) is 2. The molecule has 0 radical (unpaired) electrons. The molecule has 2 rings (SSSR count). The lowest BCUT2D eigenvalue weighted by molar-refractivity contribution is 0.139. The molecule has 0 aliphatic carbocycles. The number of halogens is 1. The van der Waals surface area contributed by atoms with Gasteiger partial charge in [0.2, 0.25) is 0 Å². The number of hydrogen-bond donors (Lipinski definition) is 2. The summed E-state index contributed by atoms with van der Waals surface area (Å²) in [5.41, 5.74) is 1.04. The number of hydrogen-bond acceptors (Lipinski definition) is 2. The third-order valence-corrected chi connectivity index (χ3v) is 4.73. The summed E-state index contributed by atoms with van der Waals surface area (Å²) in [6, 6.07) is 6.54. The number of aliphatic imine (C=N–C) groups is 1. The summed E-state index contributed by atoms with van der Waals surface area (Å²) in [6.45, 7) is 9.98. The standard InChI is InChI=1S/C20H33FN4/c1-16-12-17(2)15-25(14-16)11-5-4-10-23-20(22-3)24-13-18-6-8-19(21)9-7-18/h6-9,16-17H,4-5,10-15H2,1-3H3,(H2,22,23,24). The maximum atomic E-state index is 12.9. The summed E-state index contributed by atoms with van der Waals surface area (Å²) in [5, 5.41) is 6.62. The van der Waals surface area contributed by atoms with Crippen molar-refractivity contribution in [2.75, 3.05) is 33.2 Å². The normalized spacial score (nSPS) is 22.0. The Balaban J connectivity index is 1.58. The average Bonchev–Trinajstić information content (AvgIpc) is 2.58. The Morgan fingerprint density at radius 3 is 2.44 bits per heavy atom. The van der Waals surface area contributed by atoms with E-state index in [2.05, 4.69) is 34.4 Å². The Hall–Kier alpha value is -1.62. The lowest BCUT2D eigenvalue weighted by atomic mass is 9.92. The van der Waals surface area contributed by atoms with Crippen LogP contribution in [0.1, 0.15) is 38.7 Å². The molecular formula is C20H33FN4. The molecular weight excluding hydrogens is 315 g/mol. The first kappa shape index (κ1) is 19.7. The number of benzene rings is 1. The highest BCUT2D eigenvalue weighted by Gasteiger charge is 2.20. The SMILES string of the molecule is CN=C(NCCCCN1CC(C)CC(C)C1)NCc1ccc(F)cc1. The highest BCUT2D eigenvalue weighted by molar-refractivity contribution is 5.79. The fourth-order valence-electron chi connectivity index (χ4n) is 3.65. The quantitative estimate of drug-likeness (QED) is 0.451. The second kappa shape index (κ2) is 10.4. The molecule has 0 bridgehead atoms. The van der Waals surface area contributed by atoms with Gasteiger partial charge in [-0.25, -0.2) is 4.39 Å². The van der Waals surface area contributed by atoms with Crippen LogP contribution in [0.4, 0.5) is 4.39 Å². The Kier molecular flexibility index (Phi) is 8.19. The molecule has 1 aliphatic rings. The van der Waals surface area contributed by atoms with E-state index in [1.807, 2.05) is 0 Å². The molecule has 1 aliphatic heterocycles. The van der Waals surface area contributed by atoms with E-state index in [0.29, 0.717) is 6.54 Å². The molecule has 2 unspecified atom stereocenters. The van der Waals surface area contributed by atoms with Crippen LogP contribution in [0.2, 0.25) is 0 Å². The van der Waals surface area contributed by atoms with Crippen molar-refractivity contribution >= 4 is 5.96 Å². The summed E-state index contributed by atoms with van der Waals surface area (Å²) < 4.78 is 12.9. The number of likely N-dealkylation sites (tertiary alicyclic amines) is 1. The number of nitrogens with zero attached hydrogens (tertiary/aromatic N) is 2. The third kappa shape index (κ3) is 7.43. The summed E-state index contributed by atoms with van der Waals surface area (Å²) in [4.78, 5) is 6.85. The lowest BCUT2D eigenvalue weighted by Crippen LogP contribution is -2.40. The third-order valence-electron chi connectivity index (χ3n) is 4.73. The van der Waals surface area contributed by atoms with Gasteiger partial charge < -0.3 is 15.5 Å². The molecule has 1 heterocycles. The van der Waals surface area contributed by atoms with E-state index in [-0.39, 0.29) is 5.82 Å². The van der Waals surface area contributed by atoms with Gasteiger partial charge in [0.15, 0.2) is 5.96 Å². The minimum atomic E-state index is -0.205. The molecule has 0 saturated carbocycles. The molecule has 5 heteroatoms. The summed E-state index contributed by atoms with van der Waals surface area (Å²) in [7, 11) is 1.77. The Bertz CT molecular complexity index is 519. The van der Waals surface area contributed by atoms with Gasteiger partial charge in [0.25, 0.3) is 0 Å². The minimum Gasteiger partial charge on any atom is -0.356 e. The van der Waals surface area contributed by atoms with Crippen molar-refractivity contribution in [1.29, 1.82) is 0 Å². The summed E-state index contributed by atoms with van der Waals surface area (Å²) in [5.74, 6) is 2.25. The van der Waals surface area contributed by atoms with E-state index in [4.69, 9.17) is 0 Å². The largest absolute Gasteiger partial charge is 0.356 e. The highest BCUT2D eigenvalue weighted by Crippen LogP contribution is 2.20. The van der Waals surface area contributed by atoms with Crippen LogP contribution in [0.15, 0.2) is 29.3 Å². The van der Waals surface area contributed by atoms with Crippen molar-refractivity contribution in [3.63, 3.8) is 0 Å². The summed E-state index contributed by atoms with van der Waals surface area (Å²) in [6.07, 6.45) is 3.71. The van der Waals surface area contributed by atoms with Crippen molar-refractivity contribution < 1.29 is 4.39 Å². The number of unbranched alkanes of at least 4 members (excludes halogenated alkanes) is 1. The van der Waals surface area contributed by atoms with Crippen LogP contribution in [-0.2, 0) is 6.54 Å². The molecule has 2 atom stereocenters. The zero-order chi connectivity index (χ0) is 18.1. The van der Waals surface area contributed by atoms with Crippen LogP contribution < -0.4 is 10.6 Å². The molecule has 1 saturated heterocycles. The molecule has 1 aromatic carbocycles. The van der Waals surface area contributed by atoms with E-state index in [1.54, 1.807) is 19.2 Å². The van der Waals surface area contributed by atoms with Crippen LogP contribution >= 0.6 is 0 Å². The Morgan fingerprint density at radius 1 is 1.12 bits per heavy atom. The van der Waals surface area contributed by atoms with E-state index in [0.717, 1.165) is 36.3 Å². The number of rotatable bonds is 7. The van der Waals surface area contributed by atoms with Gasteiger partial charge in [-0.1, -0.05) is 26.0 Å². The van der Waals surface area contributed by atoms with Gasteiger partial charge in [-0.05, 0) is 55.3 Å². The van der Waals surface area contributed by atoms with Gasteiger partial charge in [0, 0.05) is 33.2 Å². The molecule has 1 fully saturated rings. The van der Waals surface area contributed by atoms with E-state index < -0.39 is 0 Å². The monoisotopic (exact) mass is 348 g/mol. The van der Waals surface area contributed by atoms with Crippen LogP contribution in [0.25, 0.3) is 0 Å². The van der Waals surface area contributed by atoms with Crippen LogP contribution in [0, 0.1) is 17.7 Å². The minimum absolute atomic E-state index is 0.205. The second-order valence-corrected chi connectivity index (χ2v) is 7.39. The van der Waals surface area contributed by atoms with Crippen molar-refractivity contribution in [2.24, 2.45) is 16.8 Å². The van der Waals surface area contributed by atoms with Crippen molar-refractivity contribution in [3.8, 4) is 0 Å². The maximum Gasteiger partial charge on any atom is 0.191 e. The lowest BCUT2D eigenvalue weighted by Gasteiger charge is -2.34. The zero-order valence-electron chi connectivity index (χ0n) is 15.9. The van der Waals surface area contributed by atoms with Crippen LogP contribution in [-0.4, -0.2) is 44.1 Å². The van der Waals surface area contributed by atoms with Crippen molar-refractivity contribution in [1.82, 2.24) is 15.5 Å². The predicted molar refractivity (Wildman–Crippen MR) is 103 cm³/mol. The van der Waals surface area contributed by atoms with Gasteiger partial charge >= 0.3 is 0 Å². The van der Waals surface area contributed by atoms with Gasteiger partial charge in [-0.3, -0.25) is 4.99 Å². The Labute approximate surface area is 151 Å². The maximum absolute atomic E-state index is 12.9. The smallest absolute Gasteiger partial charge is 0.191 e. The fraction of sp³-hybridized carbons (Fsp3) is 0.650. The second-order valence-electron chi connectivity index (χ2n) is 7.39. The molecule has 1 aromatic rings. The molecule has 0 aromatic heterocycles. The predicted octanol–water partition coefficient (Wildman–Crippen LogP) is 3.25. The van der Waals surface area contributed by atoms with Gasteiger partial charge in [-0.2, -0.15) is 0 Å². The summed E-state index contributed by atoms with van der Waals surface area (Å²) >= 11 is 0. The molecule has 25 heavy (non-hydrogen) atoms. The number of piperidine rings is 1. The molecule has 140 valence electrons. The van der Waals surface area contributed by atoms with E-state index in [9.17, 15) is 4.39 Å². The first-order chi connectivity index (χ1) is 12.1. The van der Waals surface area contributed by atoms with Gasteiger partial charge in [0.1, 0.15) is 5.82 Å². The van der Waals surface area contributed by atoms with Gasteiger partial charge in [0.05, 0.1) is 0 Å². The molecule has 0 spiro atoms.